The number of benzene rings is 2. The fourth-order valence-electron chi connectivity index (χ4n) is 2.30. The third-order valence-corrected chi connectivity index (χ3v) is 4.38. The summed E-state index contributed by atoms with van der Waals surface area (Å²) in [5, 5.41) is 3.59. The van der Waals surface area contributed by atoms with Crippen molar-refractivity contribution in [1.82, 2.24) is 5.32 Å². The van der Waals surface area contributed by atoms with Gasteiger partial charge in [0.25, 0.3) is 0 Å². The van der Waals surface area contributed by atoms with Crippen molar-refractivity contribution in [3.8, 4) is 0 Å². The molecule has 0 bridgehead atoms. The lowest BCUT2D eigenvalue weighted by Gasteiger charge is -2.16. The van der Waals surface area contributed by atoms with Crippen molar-refractivity contribution in [2.45, 2.75) is 31.0 Å². The number of nitrogens with one attached hydrogen (secondary N) is 1. The van der Waals surface area contributed by atoms with Crippen molar-refractivity contribution >= 4 is 11.8 Å². The van der Waals surface area contributed by atoms with Gasteiger partial charge in [-0.3, -0.25) is 0 Å². The minimum absolute atomic E-state index is 0.330. The van der Waals surface area contributed by atoms with Crippen LogP contribution in [-0.4, -0.2) is 13.4 Å². The van der Waals surface area contributed by atoms with E-state index in [-0.39, 0.29) is 0 Å². The van der Waals surface area contributed by atoms with Gasteiger partial charge in [-0.05, 0) is 42.0 Å². The summed E-state index contributed by atoms with van der Waals surface area (Å²) in [6, 6.07) is 17.5. The molecular weight excluding hydrogens is 278 g/mol. The van der Waals surface area contributed by atoms with Gasteiger partial charge < -0.3 is 10.1 Å². The third-order valence-electron chi connectivity index (χ3n) is 3.63. The van der Waals surface area contributed by atoms with Gasteiger partial charge in [-0.1, -0.05) is 36.4 Å². The molecule has 2 rings (SSSR count). The fraction of sp³-hybridized carbons (Fsp3) is 0.333. The Labute approximate surface area is 131 Å². The first-order valence-electron chi connectivity index (χ1n) is 7.17. The van der Waals surface area contributed by atoms with Crippen LogP contribution < -0.4 is 5.32 Å². The zero-order valence-electron chi connectivity index (χ0n) is 12.9. The van der Waals surface area contributed by atoms with Gasteiger partial charge in [0.05, 0.1) is 6.61 Å². The summed E-state index contributed by atoms with van der Waals surface area (Å²) in [4.78, 5) is 1.30. The van der Waals surface area contributed by atoms with Gasteiger partial charge in [-0.2, -0.15) is 0 Å². The molecule has 0 spiro atoms. The first kappa shape index (κ1) is 16.1. The van der Waals surface area contributed by atoms with Crippen molar-refractivity contribution in [3.05, 3.63) is 65.2 Å². The molecule has 2 aromatic carbocycles. The van der Waals surface area contributed by atoms with Crippen molar-refractivity contribution in [2.75, 3.05) is 13.4 Å². The second kappa shape index (κ2) is 8.23. The summed E-state index contributed by atoms with van der Waals surface area (Å²) >= 11 is 1.77. The molecule has 1 atom stereocenters. The van der Waals surface area contributed by atoms with E-state index in [0.29, 0.717) is 12.6 Å². The summed E-state index contributed by atoms with van der Waals surface area (Å²) in [6.45, 7) is 3.71. The van der Waals surface area contributed by atoms with Crippen LogP contribution in [-0.2, 0) is 17.9 Å². The monoisotopic (exact) mass is 301 g/mol. The second-order valence-electron chi connectivity index (χ2n) is 5.08. The molecule has 0 heterocycles. The van der Waals surface area contributed by atoms with E-state index in [1.54, 1.807) is 18.9 Å². The number of methoxy groups -OCH3 is 1. The maximum atomic E-state index is 5.26. The first-order valence-corrected chi connectivity index (χ1v) is 8.40. The molecule has 0 saturated heterocycles. The summed E-state index contributed by atoms with van der Waals surface area (Å²) in [6.07, 6.45) is 2.10. The molecule has 2 nitrogen and oxygen atoms in total. The summed E-state index contributed by atoms with van der Waals surface area (Å²) < 4.78 is 5.26. The van der Waals surface area contributed by atoms with Gasteiger partial charge in [-0.15, -0.1) is 11.8 Å². The summed E-state index contributed by atoms with van der Waals surface area (Å²) in [5.74, 6) is 0. The van der Waals surface area contributed by atoms with Crippen LogP contribution in [0.25, 0.3) is 0 Å². The lowest BCUT2D eigenvalue weighted by Crippen LogP contribution is -2.19. The van der Waals surface area contributed by atoms with Crippen LogP contribution in [0.5, 0.6) is 0 Å². The highest BCUT2D eigenvalue weighted by molar-refractivity contribution is 7.98. The van der Waals surface area contributed by atoms with E-state index < -0.39 is 0 Å². The molecule has 1 N–H and O–H groups in total. The Morgan fingerprint density at radius 3 is 2.33 bits per heavy atom. The van der Waals surface area contributed by atoms with E-state index in [9.17, 15) is 0 Å². The Morgan fingerprint density at radius 1 is 1.05 bits per heavy atom. The Bertz CT molecular complexity index is 553. The van der Waals surface area contributed by atoms with Crippen LogP contribution in [0.2, 0.25) is 0 Å². The van der Waals surface area contributed by atoms with E-state index >= 15 is 0 Å². The maximum Gasteiger partial charge on any atom is 0.0716 e. The highest BCUT2D eigenvalue weighted by Crippen LogP contribution is 2.19. The molecule has 0 aromatic heterocycles. The molecule has 3 heteroatoms. The van der Waals surface area contributed by atoms with Gasteiger partial charge in [0.1, 0.15) is 0 Å². The number of rotatable bonds is 7. The smallest absolute Gasteiger partial charge is 0.0716 e. The van der Waals surface area contributed by atoms with Gasteiger partial charge in [-0.25, -0.2) is 0 Å². The average molecular weight is 301 g/mol. The zero-order valence-corrected chi connectivity index (χ0v) is 13.7. The van der Waals surface area contributed by atoms with Gasteiger partial charge >= 0.3 is 0 Å². The van der Waals surface area contributed by atoms with Crippen LogP contribution in [0, 0.1) is 0 Å². The highest BCUT2D eigenvalue weighted by atomic mass is 32.2. The number of thioether (sulfide) groups is 1. The molecule has 0 amide bonds. The molecule has 0 aliphatic rings. The normalized spacial score (nSPS) is 12.3. The van der Waals surface area contributed by atoms with E-state index in [1.807, 2.05) is 0 Å². The van der Waals surface area contributed by atoms with Gasteiger partial charge in [0.15, 0.2) is 0 Å². The van der Waals surface area contributed by atoms with Gasteiger partial charge in [0.2, 0.25) is 0 Å². The summed E-state index contributed by atoms with van der Waals surface area (Å²) in [7, 11) is 1.74. The standard InChI is InChI=1S/C18H23NOS/c1-14(15-8-10-18(21-3)11-9-15)19-12-16-6-4-5-7-17(16)13-20-2/h4-11,14,19H,12-13H2,1-3H3. The van der Waals surface area contributed by atoms with Crippen LogP contribution in [0.15, 0.2) is 53.4 Å². The molecule has 0 aliphatic carbocycles. The molecule has 0 radical (unpaired) electrons. The Morgan fingerprint density at radius 2 is 1.71 bits per heavy atom. The van der Waals surface area contributed by atoms with Crippen LogP contribution in [0.4, 0.5) is 0 Å². The largest absolute Gasteiger partial charge is 0.380 e. The van der Waals surface area contributed by atoms with Crippen LogP contribution in [0.1, 0.15) is 29.7 Å². The molecule has 0 aliphatic heterocycles. The Balaban J connectivity index is 1.98. The molecule has 21 heavy (non-hydrogen) atoms. The van der Waals surface area contributed by atoms with Crippen LogP contribution >= 0.6 is 11.8 Å². The first-order chi connectivity index (χ1) is 10.2. The van der Waals surface area contributed by atoms with Crippen molar-refractivity contribution in [1.29, 1.82) is 0 Å². The minimum atomic E-state index is 0.330. The van der Waals surface area contributed by atoms with Crippen molar-refractivity contribution in [2.24, 2.45) is 0 Å². The minimum Gasteiger partial charge on any atom is -0.380 e. The average Bonchev–Trinajstić information content (AvgIpc) is 2.54. The number of hydrogen-bond acceptors (Lipinski definition) is 3. The fourth-order valence-corrected chi connectivity index (χ4v) is 2.71. The van der Waals surface area contributed by atoms with E-state index in [2.05, 4.69) is 67.0 Å². The molecule has 0 fully saturated rings. The van der Waals surface area contributed by atoms with Crippen molar-refractivity contribution in [3.63, 3.8) is 0 Å². The molecular formula is C18H23NOS. The highest BCUT2D eigenvalue weighted by Gasteiger charge is 2.07. The maximum absolute atomic E-state index is 5.26. The zero-order chi connectivity index (χ0) is 15.1. The van der Waals surface area contributed by atoms with E-state index in [4.69, 9.17) is 4.74 Å². The van der Waals surface area contributed by atoms with E-state index in [0.717, 1.165) is 6.54 Å². The SMILES string of the molecule is COCc1ccccc1CNC(C)c1ccc(SC)cc1. The molecule has 112 valence electrons. The predicted molar refractivity (Wildman–Crippen MR) is 90.6 cm³/mol. The second-order valence-corrected chi connectivity index (χ2v) is 5.96. The lowest BCUT2D eigenvalue weighted by molar-refractivity contribution is 0.184. The predicted octanol–water partition coefficient (Wildman–Crippen LogP) is 4.41. The number of ether oxygens (including phenoxy) is 1. The Hall–Kier alpha value is -1.29. The third kappa shape index (κ3) is 4.60. The lowest BCUT2D eigenvalue weighted by atomic mass is 10.1. The number of hydrogen-bond donors (Lipinski definition) is 1. The quantitative estimate of drug-likeness (QED) is 0.766. The molecule has 1 unspecified atom stereocenters. The molecule has 0 saturated carbocycles. The topological polar surface area (TPSA) is 21.3 Å². The van der Waals surface area contributed by atoms with E-state index in [1.165, 1.54) is 21.6 Å². The summed E-state index contributed by atoms with van der Waals surface area (Å²) in [5.41, 5.74) is 3.86. The Kier molecular flexibility index (Phi) is 6.30. The van der Waals surface area contributed by atoms with Crippen LogP contribution in [0.3, 0.4) is 0 Å². The molecule has 2 aromatic rings. The van der Waals surface area contributed by atoms with Crippen molar-refractivity contribution < 1.29 is 4.74 Å². The van der Waals surface area contributed by atoms with Gasteiger partial charge in [0, 0.05) is 24.6 Å².